The van der Waals surface area contributed by atoms with Crippen LogP contribution in [0.4, 0.5) is 10.1 Å². The van der Waals surface area contributed by atoms with E-state index in [0.717, 1.165) is 16.6 Å². The van der Waals surface area contributed by atoms with E-state index in [1.165, 1.54) is 6.07 Å². The Morgan fingerprint density at radius 3 is 2.75 bits per heavy atom. The lowest BCUT2D eigenvalue weighted by Gasteiger charge is -2.01. The highest BCUT2D eigenvalue weighted by atomic mass is 127. The minimum atomic E-state index is -0.736. The summed E-state index contributed by atoms with van der Waals surface area (Å²) >= 11 is 2.12. The predicted molar refractivity (Wildman–Crippen MR) is 65.5 cm³/mol. The van der Waals surface area contributed by atoms with Crippen molar-refractivity contribution < 1.29 is 14.1 Å². The number of alkyl halides is 1. The molecule has 0 N–H and O–H groups in total. The SMILES string of the molecule is O=C(CCCI)c1ccc(F)cc1[N+](=O)[O-]. The number of carbonyl (C=O) groups excluding carboxylic acids is 1. The first kappa shape index (κ1) is 13.0. The third-order valence-electron chi connectivity index (χ3n) is 1.99. The van der Waals surface area contributed by atoms with Gasteiger partial charge in [0.15, 0.2) is 5.78 Å². The first-order valence-electron chi connectivity index (χ1n) is 4.59. The second kappa shape index (κ2) is 5.88. The van der Waals surface area contributed by atoms with E-state index >= 15 is 0 Å². The average Bonchev–Trinajstić information content (AvgIpc) is 2.25. The molecular weight excluding hydrogens is 328 g/mol. The molecule has 0 aliphatic heterocycles. The number of ketones is 1. The summed E-state index contributed by atoms with van der Waals surface area (Å²) in [6.45, 7) is 0. The van der Waals surface area contributed by atoms with Gasteiger partial charge in [0, 0.05) is 6.42 Å². The number of benzene rings is 1. The summed E-state index contributed by atoms with van der Waals surface area (Å²) in [6.07, 6.45) is 0.906. The fraction of sp³-hybridized carbons (Fsp3) is 0.300. The molecule has 0 aliphatic carbocycles. The van der Waals surface area contributed by atoms with E-state index in [9.17, 15) is 19.3 Å². The van der Waals surface area contributed by atoms with Crippen molar-refractivity contribution in [2.75, 3.05) is 4.43 Å². The van der Waals surface area contributed by atoms with E-state index in [-0.39, 0.29) is 17.8 Å². The van der Waals surface area contributed by atoms with E-state index in [0.29, 0.717) is 6.42 Å². The first-order valence-corrected chi connectivity index (χ1v) is 6.12. The van der Waals surface area contributed by atoms with Gasteiger partial charge in [-0.05, 0) is 23.0 Å². The number of halogens is 2. The van der Waals surface area contributed by atoms with Crippen LogP contribution in [0.15, 0.2) is 18.2 Å². The van der Waals surface area contributed by atoms with E-state index < -0.39 is 16.4 Å². The van der Waals surface area contributed by atoms with Crippen LogP contribution in [-0.2, 0) is 0 Å². The predicted octanol–water partition coefficient (Wildman–Crippen LogP) is 3.13. The Balaban J connectivity index is 3.03. The highest BCUT2D eigenvalue weighted by Gasteiger charge is 2.20. The molecule has 0 heterocycles. The van der Waals surface area contributed by atoms with Gasteiger partial charge in [-0.2, -0.15) is 0 Å². The third-order valence-corrected chi connectivity index (χ3v) is 2.76. The number of Topliss-reactive ketones (excluding diaryl/α,β-unsaturated/α-hetero) is 1. The maximum Gasteiger partial charge on any atom is 0.283 e. The van der Waals surface area contributed by atoms with Crippen molar-refractivity contribution in [3.8, 4) is 0 Å². The fourth-order valence-electron chi connectivity index (χ4n) is 1.25. The lowest BCUT2D eigenvalue weighted by atomic mass is 10.1. The molecule has 1 rings (SSSR count). The fourth-order valence-corrected chi connectivity index (χ4v) is 1.64. The van der Waals surface area contributed by atoms with Crippen LogP contribution in [0.3, 0.4) is 0 Å². The van der Waals surface area contributed by atoms with Crippen molar-refractivity contribution in [3.63, 3.8) is 0 Å². The molecular formula is C10H9FINO3. The second-order valence-corrected chi connectivity index (χ2v) is 4.21. The van der Waals surface area contributed by atoms with Crippen LogP contribution in [0.1, 0.15) is 23.2 Å². The van der Waals surface area contributed by atoms with Crippen molar-refractivity contribution in [2.24, 2.45) is 0 Å². The summed E-state index contributed by atoms with van der Waals surface area (Å²) < 4.78 is 13.6. The zero-order valence-corrected chi connectivity index (χ0v) is 10.4. The van der Waals surface area contributed by atoms with Crippen LogP contribution in [0.5, 0.6) is 0 Å². The van der Waals surface area contributed by atoms with Gasteiger partial charge in [0.25, 0.3) is 5.69 Å². The van der Waals surface area contributed by atoms with Gasteiger partial charge in [-0.15, -0.1) is 0 Å². The minimum absolute atomic E-state index is 0.0174. The van der Waals surface area contributed by atoms with Gasteiger partial charge in [0.1, 0.15) is 5.82 Å². The van der Waals surface area contributed by atoms with E-state index in [1.54, 1.807) is 0 Å². The van der Waals surface area contributed by atoms with Crippen LogP contribution in [-0.4, -0.2) is 15.1 Å². The second-order valence-electron chi connectivity index (χ2n) is 3.13. The van der Waals surface area contributed by atoms with Crippen molar-refractivity contribution in [1.29, 1.82) is 0 Å². The molecule has 0 spiro atoms. The summed E-state index contributed by atoms with van der Waals surface area (Å²) in [5.74, 6) is -1.03. The maximum atomic E-state index is 12.8. The Hall–Kier alpha value is -1.05. The zero-order chi connectivity index (χ0) is 12.1. The topological polar surface area (TPSA) is 60.2 Å². The molecule has 0 radical (unpaired) electrons. The van der Waals surface area contributed by atoms with Crippen LogP contribution in [0.2, 0.25) is 0 Å². The van der Waals surface area contributed by atoms with Crippen molar-refractivity contribution in [1.82, 2.24) is 0 Å². The Morgan fingerprint density at radius 1 is 1.50 bits per heavy atom. The van der Waals surface area contributed by atoms with Crippen molar-refractivity contribution in [3.05, 3.63) is 39.7 Å². The quantitative estimate of drug-likeness (QED) is 0.273. The van der Waals surface area contributed by atoms with Crippen LogP contribution in [0.25, 0.3) is 0 Å². The lowest BCUT2D eigenvalue weighted by Crippen LogP contribution is -2.04. The molecule has 0 amide bonds. The highest BCUT2D eigenvalue weighted by molar-refractivity contribution is 14.1. The number of hydrogen-bond acceptors (Lipinski definition) is 3. The molecule has 6 heteroatoms. The van der Waals surface area contributed by atoms with Crippen LogP contribution in [0, 0.1) is 15.9 Å². The molecule has 0 unspecified atom stereocenters. The average molecular weight is 337 g/mol. The highest BCUT2D eigenvalue weighted by Crippen LogP contribution is 2.21. The molecule has 16 heavy (non-hydrogen) atoms. The van der Waals surface area contributed by atoms with Gasteiger partial charge in [-0.3, -0.25) is 14.9 Å². The molecule has 0 aliphatic rings. The monoisotopic (exact) mass is 337 g/mol. The molecule has 0 saturated carbocycles. The van der Waals surface area contributed by atoms with Gasteiger partial charge >= 0.3 is 0 Å². The molecule has 0 fully saturated rings. The number of nitro groups is 1. The Kier molecular flexibility index (Phi) is 4.78. The molecule has 1 aromatic rings. The van der Waals surface area contributed by atoms with Crippen molar-refractivity contribution >= 4 is 34.1 Å². The Bertz CT molecular complexity index is 423. The van der Waals surface area contributed by atoms with Gasteiger partial charge in [-0.25, -0.2) is 4.39 Å². The van der Waals surface area contributed by atoms with Gasteiger partial charge in [-0.1, -0.05) is 22.6 Å². The van der Waals surface area contributed by atoms with Crippen LogP contribution >= 0.6 is 22.6 Å². The van der Waals surface area contributed by atoms with Gasteiger partial charge < -0.3 is 0 Å². The largest absolute Gasteiger partial charge is 0.294 e. The first-order chi connectivity index (χ1) is 7.56. The summed E-state index contributed by atoms with van der Waals surface area (Å²) in [7, 11) is 0. The smallest absolute Gasteiger partial charge is 0.283 e. The van der Waals surface area contributed by atoms with E-state index in [2.05, 4.69) is 22.6 Å². The third kappa shape index (κ3) is 3.22. The summed E-state index contributed by atoms with van der Waals surface area (Å²) in [5.41, 5.74) is -0.477. The van der Waals surface area contributed by atoms with Gasteiger partial charge in [0.05, 0.1) is 16.6 Å². The number of rotatable bonds is 5. The molecule has 0 saturated heterocycles. The molecule has 4 nitrogen and oxygen atoms in total. The van der Waals surface area contributed by atoms with Crippen molar-refractivity contribution in [2.45, 2.75) is 12.8 Å². The van der Waals surface area contributed by atoms with E-state index in [1.807, 2.05) is 0 Å². The minimum Gasteiger partial charge on any atom is -0.294 e. The number of nitro benzene ring substituents is 1. The molecule has 86 valence electrons. The summed E-state index contributed by atoms with van der Waals surface area (Å²) in [4.78, 5) is 21.5. The molecule has 1 aromatic carbocycles. The standard InChI is InChI=1S/C10H9FINO3/c11-7-3-4-8(9(6-7)13(15)16)10(14)2-1-5-12/h3-4,6H,1-2,5H2. The van der Waals surface area contributed by atoms with E-state index in [4.69, 9.17) is 0 Å². The zero-order valence-electron chi connectivity index (χ0n) is 8.28. The van der Waals surface area contributed by atoms with Crippen LogP contribution < -0.4 is 0 Å². The maximum absolute atomic E-state index is 12.8. The molecule has 0 aromatic heterocycles. The summed E-state index contributed by atoms with van der Waals surface area (Å²) in [6, 6.07) is 3.00. The number of nitrogens with zero attached hydrogens (tertiary/aromatic N) is 1. The number of carbonyl (C=O) groups is 1. The molecule has 0 bridgehead atoms. The summed E-state index contributed by atoms with van der Waals surface area (Å²) in [5, 5.41) is 10.6. The lowest BCUT2D eigenvalue weighted by molar-refractivity contribution is -0.385. The molecule has 0 atom stereocenters. The van der Waals surface area contributed by atoms with Gasteiger partial charge in [0.2, 0.25) is 0 Å². The number of hydrogen-bond donors (Lipinski definition) is 0. The Labute approximate surface area is 105 Å². The normalized spacial score (nSPS) is 10.1. The Morgan fingerprint density at radius 2 is 2.19 bits per heavy atom.